The van der Waals surface area contributed by atoms with Crippen LogP contribution in [-0.4, -0.2) is 12.6 Å². The fourth-order valence-electron chi connectivity index (χ4n) is 3.16. The standard InChI is InChI=1S/C19H18ClFNO/c20-17-10-16(23-15-6-3-7-15)11-18(19(17)21)22-9-8-13-4-1-2-5-14(13)12-22/h2,4-5,10-11,15H,3,6-9,12H2. The van der Waals surface area contributed by atoms with Crippen molar-refractivity contribution in [1.29, 1.82) is 0 Å². The Morgan fingerprint density at radius 3 is 2.91 bits per heavy atom. The van der Waals surface area contributed by atoms with Gasteiger partial charge in [-0.2, -0.15) is 0 Å². The lowest BCUT2D eigenvalue weighted by molar-refractivity contribution is 0.120. The first-order valence-corrected chi connectivity index (χ1v) is 8.47. The third-order valence-electron chi connectivity index (χ3n) is 4.74. The Morgan fingerprint density at radius 2 is 2.13 bits per heavy atom. The molecule has 23 heavy (non-hydrogen) atoms. The van der Waals surface area contributed by atoms with Gasteiger partial charge in [0.1, 0.15) is 5.75 Å². The number of anilines is 1. The molecule has 2 aromatic carbocycles. The fraction of sp³-hybridized carbons (Fsp3) is 0.368. The predicted octanol–water partition coefficient (Wildman–Crippen LogP) is 4.77. The molecule has 1 aliphatic heterocycles. The summed E-state index contributed by atoms with van der Waals surface area (Å²) in [4.78, 5) is 2.04. The number of hydrogen-bond donors (Lipinski definition) is 0. The first kappa shape index (κ1) is 14.8. The third-order valence-corrected chi connectivity index (χ3v) is 5.02. The van der Waals surface area contributed by atoms with Crippen LogP contribution in [0.4, 0.5) is 10.1 Å². The van der Waals surface area contributed by atoms with Crippen molar-refractivity contribution in [3.8, 4) is 5.75 Å². The van der Waals surface area contributed by atoms with Gasteiger partial charge in [-0.25, -0.2) is 4.39 Å². The van der Waals surface area contributed by atoms with Gasteiger partial charge in [0.15, 0.2) is 5.82 Å². The smallest absolute Gasteiger partial charge is 0.165 e. The van der Waals surface area contributed by atoms with Gasteiger partial charge < -0.3 is 9.64 Å². The van der Waals surface area contributed by atoms with Gasteiger partial charge in [0.2, 0.25) is 0 Å². The van der Waals surface area contributed by atoms with Crippen molar-refractivity contribution >= 4 is 17.3 Å². The molecule has 0 N–H and O–H groups in total. The molecule has 1 aliphatic carbocycles. The molecule has 2 aromatic rings. The van der Waals surface area contributed by atoms with E-state index < -0.39 is 0 Å². The molecule has 1 fully saturated rings. The van der Waals surface area contributed by atoms with E-state index in [-0.39, 0.29) is 16.9 Å². The summed E-state index contributed by atoms with van der Waals surface area (Å²) >= 11 is 6.10. The summed E-state index contributed by atoms with van der Waals surface area (Å²) in [5.74, 6) is 0.307. The van der Waals surface area contributed by atoms with E-state index in [0.29, 0.717) is 18.0 Å². The molecule has 0 unspecified atom stereocenters. The van der Waals surface area contributed by atoms with E-state index in [1.807, 2.05) is 17.0 Å². The maximum absolute atomic E-state index is 14.5. The zero-order valence-corrected chi connectivity index (χ0v) is 13.6. The second-order valence-corrected chi connectivity index (χ2v) is 6.68. The molecule has 1 saturated carbocycles. The molecule has 2 aliphatic rings. The van der Waals surface area contributed by atoms with Crippen LogP contribution in [0.2, 0.25) is 5.02 Å². The first-order valence-electron chi connectivity index (χ1n) is 8.09. The van der Waals surface area contributed by atoms with Crippen LogP contribution in [0, 0.1) is 11.9 Å². The summed E-state index contributed by atoms with van der Waals surface area (Å²) in [6.07, 6.45) is 4.47. The number of halogens is 2. The minimum absolute atomic E-state index is 0.129. The largest absolute Gasteiger partial charge is 0.490 e. The first-order chi connectivity index (χ1) is 11.2. The van der Waals surface area contributed by atoms with Crippen molar-refractivity contribution in [2.45, 2.75) is 38.3 Å². The van der Waals surface area contributed by atoms with Gasteiger partial charge in [0.25, 0.3) is 0 Å². The summed E-state index contributed by atoms with van der Waals surface area (Å²) in [7, 11) is 0. The molecule has 0 amide bonds. The number of rotatable bonds is 3. The van der Waals surface area contributed by atoms with Crippen molar-refractivity contribution in [1.82, 2.24) is 0 Å². The normalized spacial score (nSPS) is 17.6. The van der Waals surface area contributed by atoms with Crippen LogP contribution in [0.15, 0.2) is 30.3 Å². The van der Waals surface area contributed by atoms with Crippen molar-refractivity contribution in [3.05, 3.63) is 58.4 Å². The van der Waals surface area contributed by atoms with Crippen LogP contribution in [0.1, 0.15) is 30.4 Å². The highest BCUT2D eigenvalue weighted by atomic mass is 35.5. The van der Waals surface area contributed by atoms with E-state index in [0.717, 1.165) is 25.8 Å². The summed E-state index contributed by atoms with van der Waals surface area (Å²) in [6.45, 7) is 1.45. The van der Waals surface area contributed by atoms with Gasteiger partial charge in [-0.05, 0) is 42.9 Å². The molecule has 1 radical (unpaired) electrons. The summed E-state index contributed by atoms with van der Waals surface area (Å²) in [5, 5.41) is 0.129. The number of hydrogen-bond acceptors (Lipinski definition) is 2. The van der Waals surface area contributed by atoms with Crippen molar-refractivity contribution < 1.29 is 9.13 Å². The van der Waals surface area contributed by atoms with E-state index in [1.54, 1.807) is 12.1 Å². The Labute approximate surface area is 140 Å². The van der Waals surface area contributed by atoms with Crippen LogP contribution in [0.25, 0.3) is 0 Å². The molecular formula is C19H18ClFNO. The summed E-state index contributed by atoms with van der Waals surface area (Å²) in [5.41, 5.74) is 3.04. The highest BCUT2D eigenvalue weighted by molar-refractivity contribution is 6.31. The average Bonchev–Trinajstić information content (AvgIpc) is 2.53. The lowest BCUT2D eigenvalue weighted by Crippen LogP contribution is -2.31. The highest BCUT2D eigenvalue weighted by Gasteiger charge is 2.23. The predicted molar refractivity (Wildman–Crippen MR) is 89.7 cm³/mol. The minimum Gasteiger partial charge on any atom is -0.490 e. The Kier molecular flexibility index (Phi) is 3.90. The van der Waals surface area contributed by atoms with Gasteiger partial charge in [0, 0.05) is 25.2 Å². The van der Waals surface area contributed by atoms with Crippen LogP contribution in [-0.2, 0) is 13.0 Å². The molecule has 119 valence electrons. The maximum Gasteiger partial charge on any atom is 0.165 e. The maximum atomic E-state index is 14.5. The highest BCUT2D eigenvalue weighted by Crippen LogP contribution is 2.36. The Bertz CT molecular complexity index is 729. The average molecular weight is 331 g/mol. The number of fused-ring (bicyclic) bond motifs is 1. The third kappa shape index (κ3) is 2.90. The van der Waals surface area contributed by atoms with E-state index >= 15 is 0 Å². The second kappa shape index (κ2) is 6.04. The van der Waals surface area contributed by atoms with Crippen molar-refractivity contribution in [2.24, 2.45) is 0 Å². The van der Waals surface area contributed by atoms with Gasteiger partial charge in [-0.3, -0.25) is 0 Å². The molecule has 0 bridgehead atoms. The quantitative estimate of drug-likeness (QED) is 0.803. The van der Waals surface area contributed by atoms with Gasteiger partial charge in [0.05, 0.1) is 16.8 Å². The topological polar surface area (TPSA) is 12.5 Å². The molecule has 0 atom stereocenters. The van der Waals surface area contributed by atoms with Crippen LogP contribution >= 0.6 is 11.6 Å². The lowest BCUT2D eigenvalue weighted by atomic mass is 9.96. The Balaban J connectivity index is 1.62. The van der Waals surface area contributed by atoms with E-state index in [4.69, 9.17) is 16.3 Å². The van der Waals surface area contributed by atoms with E-state index in [2.05, 4.69) is 12.1 Å². The van der Waals surface area contributed by atoms with E-state index in [1.165, 1.54) is 17.5 Å². The Hall–Kier alpha value is -1.74. The monoisotopic (exact) mass is 330 g/mol. The second-order valence-electron chi connectivity index (χ2n) is 6.28. The Morgan fingerprint density at radius 1 is 1.26 bits per heavy atom. The van der Waals surface area contributed by atoms with Crippen molar-refractivity contribution in [3.63, 3.8) is 0 Å². The number of ether oxygens (including phenoxy) is 1. The molecule has 4 rings (SSSR count). The molecule has 1 heterocycles. The molecular weight excluding hydrogens is 313 g/mol. The number of nitrogens with zero attached hydrogens (tertiary/aromatic N) is 1. The molecule has 0 spiro atoms. The summed E-state index contributed by atoms with van der Waals surface area (Å²) < 4.78 is 20.4. The molecule has 4 heteroatoms. The molecule has 2 nitrogen and oxygen atoms in total. The lowest BCUT2D eigenvalue weighted by Gasteiger charge is -2.32. The number of benzene rings is 2. The van der Waals surface area contributed by atoms with Gasteiger partial charge >= 0.3 is 0 Å². The SMILES string of the molecule is Fc1c(Cl)cc(OC2CCC2)cc1N1CCc2c[c]ccc2C1. The zero-order chi connectivity index (χ0) is 15.8. The van der Waals surface area contributed by atoms with Gasteiger partial charge in [-0.1, -0.05) is 29.8 Å². The fourth-order valence-corrected chi connectivity index (χ4v) is 3.36. The van der Waals surface area contributed by atoms with Crippen LogP contribution in [0.3, 0.4) is 0 Å². The van der Waals surface area contributed by atoms with Crippen molar-refractivity contribution in [2.75, 3.05) is 11.4 Å². The zero-order valence-electron chi connectivity index (χ0n) is 12.8. The van der Waals surface area contributed by atoms with Gasteiger partial charge in [-0.15, -0.1) is 0 Å². The minimum atomic E-state index is -0.362. The molecule has 0 saturated heterocycles. The molecule has 0 aromatic heterocycles. The van der Waals surface area contributed by atoms with Crippen LogP contribution < -0.4 is 9.64 Å². The summed E-state index contributed by atoms with van der Waals surface area (Å²) in [6, 6.07) is 12.5. The van der Waals surface area contributed by atoms with Crippen LogP contribution in [0.5, 0.6) is 5.75 Å². The van der Waals surface area contributed by atoms with E-state index in [9.17, 15) is 4.39 Å².